The van der Waals surface area contributed by atoms with Gasteiger partial charge in [-0.3, -0.25) is 4.79 Å². The molecule has 0 bridgehead atoms. The summed E-state index contributed by atoms with van der Waals surface area (Å²) in [6.07, 6.45) is 2.93. The lowest BCUT2D eigenvalue weighted by atomic mass is 10.1. The van der Waals surface area contributed by atoms with Crippen molar-refractivity contribution in [2.45, 2.75) is 26.4 Å². The summed E-state index contributed by atoms with van der Waals surface area (Å²) < 4.78 is 7.19. The second-order valence-corrected chi connectivity index (χ2v) is 7.26. The predicted molar refractivity (Wildman–Crippen MR) is 113 cm³/mol. The number of aromatic nitrogens is 1. The van der Waals surface area contributed by atoms with Gasteiger partial charge in [0.1, 0.15) is 0 Å². The highest BCUT2D eigenvalue weighted by Crippen LogP contribution is 2.13. The van der Waals surface area contributed by atoms with E-state index in [4.69, 9.17) is 9.73 Å². The van der Waals surface area contributed by atoms with E-state index in [1.54, 1.807) is 16.7 Å². The Hall–Kier alpha value is -2.60. The average molecular weight is 383 g/mol. The molecule has 6 nitrogen and oxygen atoms in total. The molecule has 0 saturated carbocycles. The van der Waals surface area contributed by atoms with Crippen molar-refractivity contribution in [3.8, 4) is 0 Å². The van der Waals surface area contributed by atoms with Gasteiger partial charge in [-0.05, 0) is 30.5 Å². The molecule has 28 heavy (non-hydrogen) atoms. The van der Waals surface area contributed by atoms with E-state index >= 15 is 0 Å². The van der Waals surface area contributed by atoms with E-state index in [2.05, 4.69) is 48.5 Å². The van der Waals surface area contributed by atoms with Crippen LogP contribution in [0.5, 0.6) is 0 Å². The number of hydrogen-bond acceptors (Lipinski definition) is 3. The second kappa shape index (κ2) is 10.1. The van der Waals surface area contributed by atoms with Crippen molar-refractivity contribution in [2.75, 3.05) is 33.4 Å². The third kappa shape index (κ3) is 5.70. The van der Waals surface area contributed by atoms with Crippen LogP contribution in [0.2, 0.25) is 0 Å². The molecule has 6 heteroatoms. The fraction of sp³-hybridized carbons (Fsp3) is 0.455. The third-order valence-electron chi connectivity index (χ3n) is 4.94. The summed E-state index contributed by atoms with van der Waals surface area (Å²) in [5.74, 6) is 1.50. The zero-order chi connectivity index (χ0) is 19.8. The molecule has 1 saturated heterocycles. The van der Waals surface area contributed by atoms with Crippen LogP contribution in [0.15, 0.2) is 58.4 Å². The summed E-state index contributed by atoms with van der Waals surface area (Å²) in [6, 6.07) is 13.5. The number of pyridine rings is 1. The van der Waals surface area contributed by atoms with Crippen LogP contribution in [0.1, 0.15) is 24.5 Å². The van der Waals surface area contributed by atoms with Gasteiger partial charge < -0.3 is 19.5 Å². The van der Waals surface area contributed by atoms with Crippen LogP contribution in [-0.4, -0.2) is 48.8 Å². The minimum atomic E-state index is 0.0159. The van der Waals surface area contributed by atoms with Crippen LogP contribution in [0.25, 0.3) is 0 Å². The van der Waals surface area contributed by atoms with Crippen LogP contribution in [0.3, 0.4) is 0 Å². The molecule has 1 aliphatic heterocycles. The average Bonchev–Trinajstić information content (AvgIpc) is 3.21. The minimum Gasteiger partial charge on any atom is -0.381 e. The van der Waals surface area contributed by atoms with E-state index in [0.29, 0.717) is 19.0 Å². The number of benzene rings is 1. The summed E-state index contributed by atoms with van der Waals surface area (Å²) in [5.41, 5.74) is 2.27. The highest BCUT2D eigenvalue weighted by molar-refractivity contribution is 5.79. The van der Waals surface area contributed by atoms with Crippen LogP contribution in [-0.2, 0) is 17.8 Å². The molecule has 2 heterocycles. The van der Waals surface area contributed by atoms with Crippen LogP contribution in [0.4, 0.5) is 0 Å². The van der Waals surface area contributed by atoms with Gasteiger partial charge >= 0.3 is 0 Å². The number of rotatable bonds is 7. The van der Waals surface area contributed by atoms with E-state index < -0.39 is 0 Å². The molecule has 1 fully saturated rings. The van der Waals surface area contributed by atoms with Crippen molar-refractivity contribution >= 4 is 5.96 Å². The zero-order valence-electron chi connectivity index (χ0n) is 16.8. The van der Waals surface area contributed by atoms with Crippen molar-refractivity contribution in [3.63, 3.8) is 0 Å². The van der Waals surface area contributed by atoms with Crippen molar-refractivity contribution < 1.29 is 4.74 Å². The first kappa shape index (κ1) is 20.1. The topological polar surface area (TPSA) is 58.9 Å². The smallest absolute Gasteiger partial charge is 0.250 e. The molecule has 0 aliphatic carbocycles. The molecule has 1 aliphatic rings. The number of ether oxygens (including phenoxy) is 1. The summed E-state index contributed by atoms with van der Waals surface area (Å²) in [5, 5.41) is 3.37. The Bertz CT molecular complexity index is 823. The molecular formula is C22H30N4O2. The largest absolute Gasteiger partial charge is 0.381 e. The normalized spacial score (nSPS) is 16.9. The molecule has 1 atom stereocenters. The maximum Gasteiger partial charge on any atom is 0.250 e. The van der Waals surface area contributed by atoms with Gasteiger partial charge in [-0.1, -0.05) is 30.3 Å². The lowest BCUT2D eigenvalue weighted by molar-refractivity contribution is 0.181. The Morgan fingerprint density at radius 1 is 1.25 bits per heavy atom. The van der Waals surface area contributed by atoms with Crippen LogP contribution < -0.4 is 10.9 Å². The van der Waals surface area contributed by atoms with Crippen molar-refractivity contribution in [3.05, 3.63) is 70.1 Å². The lowest BCUT2D eigenvalue weighted by Crippen LogP contribution is -2.41. The first-order valence-electron chi connectivity index (χ1n) is 9.96. The molecule has 0 amide bonds. The van der Waals surface area contributed by atoms with Crippen molar-refractivity contribution in [2.24, 2.45) is 10.9 Å². The number of nitrogens with zero attached hydrogens (tertiary/aromatic N) is 3. The fourth-order valence-corrected chi connectivity index (χ4v) is 3.38. The maximum absolute atomic E-state index is 11.8. The molecule has 1 aromatic carbocycles. The van der Waals surface area contributed by atoms with Crippen molar-refractivity contribution in [1.29, 1.82) is 0 Å². The molecule has 1 aromatic heterocycles. The summed E-state index contributed by atoms with van der Waals surface area (Å²) in [4.78, 5) is 18.8. The van der Waals surface area contributed by atoms with Gasteiger partial charge in [-0.25, -0.2) is 4.99 Å². The van der Waals surface area contributed by atoms with Gasteiger partial charge in [-0.2, -0.15) is 0 Å². The number of guanidine groups is 1. The quantitative estimate of drug-likeness (QED) is 0.590. The zero-order valence-corrected chi connectivity index (χ0v) is 16.8. The Labute approximate surface area is 166 Å². The molecule has 0 spiro atoms. The highest BCUT2D eigenvalue weighted by atomic mass is 16.5. The minimum absolute atomic E-state index is 0.0159. The molecule has 2 aromatic rings. The summed E-state index contributed by atoms with van der Waals surface area (Å²) >= 11 is 0. The fourth-order valence-electron chi connectivity index (χ4n) is 3.38. The van der Waals surface area contributed by atoms with Gasteiger partial charge in [0, 0.05) is 44.9 Å². The maximum atomic E-state index is 11.8. The predicted octanol–water partition coefficient (Wildman–Crippen LogP) is 2.33. The molecule has 1 N–H and O–H groups in total. The number of aliphatic imine (C=N–C) groups is 1. The van der Waals surface area contributed by atoms with E-state index in [1.165, 1.54) is 0 Å². The van der Waals surface area contributed by atoms with Gasteiger partial charge in [0.05, 0.1) is 19.7 Å². The van der Waals surface area contributed by atoms with E-state index in [1.807, 2.05) is 12.3 Å². The van der Waals surface area contributed by atoms with E-state index in [0.717, 1.165) is 49.8 Å². The Morgan fingerprint density at radius 2 is 2.04 bits per heavy atom. The summed E-state index contributed by atoms with van der Waals surface area (Å²) in [7, 11) is 2.08. The monoisotopic (exact) mass is 382 g/mol. The highest BCUT2D eigenvalue weighted by Gasteiger charge is 2.19. The molecule has 0 radical (unpaired) electrons. The summed E-state index contributed by atoms with van der Waals surface area (Å²) in [6.45, 7) is 6.80. The van der Waals surface area contributed by atoms with E-state index in [-0.39, 0.29) is 5.56 Å². The number of nitrogens with one attached hydrogen (secondary N) is 1. The molecule has 150 valence electrons. The van der Waals surface area contributed by atoms with Crippen LogP contribution in [0, 0.1) is 5.92 Å². The SMILES string of the molecule is CCNC(=NCc1ccc(Cn2ccccc2=O)cc1)N(C)CC1CCOC1. The Morgan fingerprint density at radius 3 is 2.71 bits per heavy atom. The lowest BCUT2D eigenvalue weighted by Gasteiger charge is -2.24. The molecular weight excluding hydrogens is 352 g/mol. The van der Waals surface area contributed by atoms with Gasteiger partial charge in [-0.15, -0.1) is 0 Å². The van der Waals surface area contributed by atoms with Crippen molar-refractivity contribution in [1.82, 2.24) is 14.8 Å². The first-order chi connectivity index (χ1) is 13.7. The van der Waals surface area contributed by atoms with Gasteiger partial charge in [0.25, 0.3) is 5.56 Å². The molecule has 1 unspecified atom stereocenters. The Balaban J connectivity index is 1.60. The first-order valence-corrected chi connectivity index (χ1v) is 9.96. The molecule has 3 rings (SSSR count). The van der Waals surface area contributed by atoms with Gasteiger partial charge in [0.15, 0.2) is 5.96 Å². The van der Waals surface area contributed by atoms with Crippen LogP contribution >= 0.6 is 0 Å². The second-order valence-electron chi connectivity index (χ2n) is 7.26. The number of hydrogen-bond donors (Lipinski definition) is 1. The Kier molecular flexibility index (Phi) is 7.25. The standard InChI is InChI=1S/C22H30N4O2/c1-3-23-22(25(2)15-20-11-13-28-17-20)24-14-18-7-9-19(10-8-18)16-26-12-5-4-6-21(26)27/h4-10,12,20H,3,11,13-17H2,1-2H3,(H,23,24). The van der Waals surface area contributed by atoms with E-state index in [9.17, 15) is 4.79 Å². The van der Waals surface area contributed by atoms with Gasteiger partial charge in [0.2, 0.25) is 0 Å². The third-order valence-corrected chi connectivity index (χ3v) is 4.94.